The summed E-state index contributed by atoms with van der Waals surface area (Å²) in [6.07, 6.45) is 3.20. The van der Waals surface area contributed by atoms with Crippen LogP contribution in [0.2, 0.25) is 0 Å². The van der Waals surface area contributed by atoms with Crippen molar-refractivity contribution >= 4 is 17.4 Å². The van der Waals surface area contributed by atoms with Crippen LogP contribution in [0.1, 0.15) is 43.0 Å². The Morgan fingerprint density at radius 1 is 1.03 bits per heavy atom. The van der Waals surface area contributed by atoms with Crippen LogP contribution in [-0.2, 0) is 14.9 Å². The fourth-order valence-corrected chi connectivity index (χ4v) is 5.04. The molecule has 1 amide bonds. The number of hydrogen-bond donors (Lipinski definition) is 0. The lowest BCUT2D eigenvalue weighted by molar-refractivity contribution is -0.142. The molecule has 8 nitrogen and oxygen atoms in total. The SMILES string of the molecule is CN(C)c1ccc2nnc(C3CCN(C(=O)C4(c5ccccc5)CCOCC4)CC3)n2n1. The number of anilines is 1. The number of carbonyl (C=O) groups is 1. The molecule has 168 valence electrons. The van der Waals surface area contributed by atoms with E-state index in [1.54, 1.807) is 0 Å². The summed E-state index contributed by atoms with van der Waals surface area (Å²) in [5.41, 5.74) is 1.39. The van der Waals surface area contributed by atoms with Gasteiger partial charge in [0.25, 0.3) is 0 Å². The van der Waals surface area contributed by atoms with E-state index in [1.165, 1.54) is 0 Å². The van der Waals surface area contributed by atoms with Gasteiger partial charge in [-0.15, -0.1) is 15.3 Å². The average Bonchev–Trinajstić information content (AvgIpc) is 3.28. The first kappa shape index (κ1) is 20.9. The van der Waals surface area contributed by atoms with Crippen molar-refractivity contribution in [2.75, 3.05) is 45.3 Å². The summed E-state index contributed by atoms with van der Waals surface area (Å²) in [5, 5.41) is 13.5. The normalized spacial score (nSPS) is 19.2. The molecule has 32 heavy (non-hydrogen) atoms. The van der Waals surface area contributed by atoms with Gasteiger partial charge in [0.1, 0.15) is 5.82 Å². The number of likely N-dealkylation sites (tertiary alicyclic amines) is 1. The molecule has 2 aromatic heterocycles. The molecule has 0 N–H and O–H groups in total. The third-order valence-electron chi connectivity index (χ3n) is 6.96. The highest BCUT2D eigenvalue weighted by atomic mass is 16.5. The van der Waals surface area contributed by atoms with Gasteiger partial charge in [0.15, 0.2) is 11.5 Å². The number of piperidine rings is 1. The van der Waals surface area contributed by atoms with Gasteiger partial charge in [-0.2, -0.15) is 4.52 Å². The first-order chi connectivity index (χ1) is 15.6. The Morgan fingerprint density at radius 2 is 1.75 bits per heavy atom. The molecule has 3 aromatic rings. The highest BCUT2D eigenvalue weighted by Gasteiger charge is 2.44. The molecule has 1 aromatic carbocycles. The van der Waals surface area contributed by atoms with E-state index >= 15 is 0 Å². The predicted octanol–water partition coefficient (Wildman–Crippen LogP) is 2.64. The van der Waals surface area contributed by atoms with Crippen LogP contribution in [0.3, 0.4) is 0 Å². The zero-order valence-electron chi connectivity index (χ0n) is 18.8. The highest BCUT2D eigenvalue weighted by Crippen LogP contribution is 2.38. The van der Waals surface area contributed by atoms with E-state index in [1.807, 2.05) is 53.8 Å². The second-order valence-corrected chi connectivity index (χ2v) is 9.04. The molecule has 0 atom stereocenters. The predicted molar refractivity (Wildman–Crippen MR) is 122 cm³/mol. The molecule has 0 radical (unpaired) electrons. The number of fused-ring (bicyclic) bond motifs is 1. The smallest absolute Gasteiger partial charge is 0.233 e. The molecule has 2 aliphatic heterocycles. The maximum absolute atomic E-state index is 13.8. The Kier molecular flexibility index (Phi) is 5.55. The lowest BCUT2D eigenvalue weighted by Crippen LogP contribution is -2.52. The van der Waals surface area contributed by atoms with E-state index in [4.69, 9.17) is 9.84 Å². The molecule has 4 heterocycles. The Balaban J connectivity index is 1.35. The Hall–Kier alpha value is -3.00. The van der Waals surface area contributed by atoms with Crippen molar-refractivity contribution in [1.82, 2.24) is 24.7 Å². The van der Waals surface area contributed by atoms with Gasteiger partial charge in [-0.3, -0.25) is 4.79 Å². The molecule has 0 unspecified atom stereocenters. The maximum Gasteiger partial charge on any atom is 0.233 e. The first-order valence-electron chi connectivity index (χ1n) is 11.4. The summed E-state index contributed by atoms with van der Waals surface area (Å²) in [6, 6.07) is 14.1. The van der Waals surface area contributed by atoms with Crippen molar-refractivity contribution in [1.29, 1.82) is 0 Å². The van der Waals surface area contributed by atoms with E-state index in [2.05, 4.69) is 27.2 Å². The van der Waals surface area contributed by atoms with Gasteiger partial charge in [-0.1, -0.05) is 30.3 Å². The molecule has 2 saturated heterocycles. The number of nitrogens with zero attached hydrogens (tertiary/aromatic N) is 6. The number of benzene rings is 1. The second-order valence-electron chi connectivity index (χ2n) is 9.04. The van der Waals surface area contributed by atoms with Crippen LogP contribution in [-0.4, -0.2) is 71.0 Å². The van der Waals surface area contributed by atoms with Crippen molar-refractivity contribution in [3.63, 3.8) is 0 Å². The number of rotatable bonds is 4. The number of hydrogen-bond acceptors (Lipinski definition) is 6. The van der Waals surface area contributed by atoms with Crippen LogP contribution >= 0.6 is 0 Å². The van der Waals surface area contributed by atoms with Gasteiger partial charge in [0.2, 0.25) is 5.91 Å². The van der Waals surface area contributed by atoms with Gasteiger partial charge in [-0.25, -0.2) is 0 Å². The Bertz CT molecular complexity index is 1080. The zero-order valence-corrected chi connectivity index (χ0v) is 18.8. The van der Waals surface area contributed by atoms with Crippen molar-refractivity contribution in [3.05, 3.63) is 53.9 Å². The number of carbonyl (C=O) groups excluding carboxylic acids is 1. The number of amides is 1. The minimum atomic E-state index is -0.476. The van der Waals surface area contributed by atoms with E-state index in [-0.39, 0.29) is 11.8 Å². The van der Waals surface area contributed by atoms with Gasteiger partial charge in [0.05, 0.1) is 5.41 Å². The fraction of sp³-hybridized carbons (Fsp3) is 0.500. The van der Waals surface area contributed by atoms with E-state index < -0.39 is 5.41 Å². The molecule has 8 heteroatoms. The monoisotopic (exact) mass is 434 g/mol. The molecule has 0 saturated carbocycles. The van der Waals surface area contributed by atoms with Crippen LogP contribution in [0, 0.1) is 0 Å². The molecular weight excluding hydrogens is 404 g/mol. The van der Waals surface area contributed by atoms with Crippen LogP contribution in [0.15, 0.2) is 42.5 Å². The van der Waals surface area contributed by atoms with Crippen molar-refractivity contribution in [2.45, 2.75) is 37.0 Å². The third-order valence-corrected chi connectivity index (χ3v) is 6.96. The van der Waals surface area contributed by atoms with Crippen LogP contribution in [0.4, 0.5) is 5.82 Å². The van der Waals surface area contributed by atoms with Crippen LogP contribution in [0.5, 0.6) is 0 Å². The van der Waals surface area contributed by atoms with Gasteiger partial charge in [0, 0.05) is 46.3 Å². The molecule has 0 spiro atoms. The summed E-state index contributed by atoms with van der Waals surface area (Å²) >= 11 is 0. The quantitative estimate of drug-likeness (QED) is 0.628. The molecule has 2 aliphatic rings. The fourth-order valence-electron chi connectivity index (χ4n) is 5.04. The number of ether oxygens (including phenoxy) is 1. The Morgan fingerprint density at radius 3 is 2.44 bits per heavy atom. The summed E-state index contributed by atoms with van der Waals surface area (Å²) in [6.45, 7) is 2.70. The van der Waals surface area contributed by atoms with Crippen LogP contribution < -0.4 is 4.90 Å². The molecule has 5 rings (SSSR count). The summed E-state index contributed by atoms with van der Waals surface area (Å²) in [4.78, 5) is 17.8. The van der Waals surface area contributed by atoms with Crippen LogP contribution in [0.25, 0.3) is 5.65 Å². The summed E-state index contributed by atoms with van der Waals surface area (Å²) in [7, 11) is 3.95. The van der Waals surface area contributed by atoms with Gasteiger partial charge >= 0.3 is 0 Å². The minimum Gasteiger partial charge on any atom is -0.381 e. The van der Waals surface area contributed by atoms with E-state index in [0.29, 0.717) is 13.2 Å². The highest BCUT2D eigenvalue weighted by molar-refractivity contribution is 5.88. The molecule has 0 bridgehead atoms. The molecule has 0 aliphatic carbocycles. The largest absolute Gasteiger partial charge is 0.381 e. The topological polar surface area (TPSA) is 75.9 Å². The average molecular weight is 435 g/mol. The second kappa shape index (κ2) is 8.50. The van der Waals surface area contributed by atoms with E-state index in [9.17, 15) is 4.79 Å². The van der Waals surface area contributed by atoms with Gasteiger partial charge in [-0.05, 0) is 43.4 Å². The van der Waals surface area contributed by atoms with Crippen molar-refractivity contribution in [3.8, 4) is 0 Å². The lowest BCUT2D eigenvalue weighted by Gasteiger charge is -2.42. The minimum absolute atomic E-state index is 0.237. The first-order valence-corrected chi connectivity index (χ1v) is 11.4. The lowest BCUT2D eigenvalue weighted by atomic mass is 9.72. The van der Waals surface area contributed by atoms with Gasteiger partial charge < -0.3 is 14.5 Å². The molecular formula is C24H30N6O2. The van der Waals surface area contributed by atoms with Crippen molar-refractivity contribution < 1.29 is 9.53 Å². The zero-order chi connectivity index (χ0) is 22.1. The van der Waals surface area contributed by atoms with E-state index in [0.717, 1.165) is 61.6 Å². The third kappa shape index (κ3) is 3.62. The maximum atomic E-state index is 13.8. The summed E-state index contributed by atoms with van der Waals surface area (Å²) < 4.78 is 7.48. The molecule has 2 fully saturated rings. The van der Waals surface area contributed by atoms with Crippen molar-refractivity contribution in [2.24, 2.45) is 0 Å². The standard InChI is InChI=1S/C24H30N6O2/c1-28(2)21-9-8-20-25-26-22(30(20)27-21)18-10-14-29(15-11-18)23(31)24(12-16-32-17-13-24)19-6-4-3-5-7-19/h3-9,18H,10-17H2,1-2H3. The number of aromatic nitrogens is 4. The summed E-state index contributed by atoms with van der Waals surface area (Å²) in [5.74, 6) is 2.24. The Labute approximate surface area is 188 Å².